The van der Waals surface area contributed by atoms with Crippen LogP contribution in [0.1, 0.15) is 32.8 Å². The third kappa shape index (κ3) is 3.11. The van der Waals surface area contributed by atoms with E-state index in [1.807, 2.05) is 12.1 Å². The van der Waals surface area contributed by atoms with Crippen molar-refractivity contribution in [2.45, 2.75) is 38.6 Å². The van der Waals surface area contributed by atoms with Crippen molar-refractivity contribution >= 4 is 5.95 Å². The molecule has 19 heavy (non-hydrogen) atoms. The van der Waals surface area contributed by atoms with E-state index in [4.69, 9.17) is 0 Å². The third-order valence-electron chi connectivity index (χ3n) is 3.67. The lowest BCUT2D eigenvalue weighted by molar-refractivity contribution is 0.422. The molecule has 0 aliphatic rings. The topological polar surface area (TPSA) is 37.8 Å². The minimum absolute atomic E-state index is 0.0230. The summed E-state index contributed by atoms with van der Waals surface area (Å²) in [6, 6.07) is 12.7. The van der Waals surface area contributed by atoms with Crippen molar-refractivity contribution in [2.75, 3.05) is 5.32 Å². The molecular formula is C16H21N3. The van der Waals surface area contributed by atoms with E-state index in [9.17, 15) is 0 Å². The van der Waals surface area contributed by atoms with Crippen LogP contribution in [0, 0.1) is 0 Å². The summed E-state index contributed by atoms with van der Waals surface area (Å²) in [6.45, 7) is 6.70. The van der Waals surface area contributed by atoms with Crippen LogP contribution in [-0.4, -0.2) is 16.0 Å². The van der Waals surface area contributed by atoms with Gasteiger partial charge in [-0.2, -0.15) is 0 Å². The molecule has 1 aromatic carbocycles. The highest BCUT2D eigenvalue weighted by Gasteiger charge is 2.30. The van der Waals surface area contributed by atoms with Crippen LogP contribution in [0.5, 0.6) is 0 Å². The molecule has 0 radical (unpaired) electrons. The van der Waals surface area contributed by atoms with E-state index < -0.39 is 0 Å². The van der Waals surface area contributed by atoms with Gasteiger partial charge in [0.2, 0.25) is 5.95 Å². The summed E-state index contributed by atoms with van der Waals surface area (Å²) >= 11 is 0. The molecular weight excluding hydrogens is 234 g/mol. The maximum atomic E-state index is 4.25. The van der Waals surface area contributed by atoms with Crippen molar-refractivity contribution in [2.24, 2.45) is 0 Å². The zero-order valence-electron chi connectivity index (χ0n) is 11.8. The Morgan fingerprint density at radius 1 is 1.05 bits per heavy atom. The van der Waals surface area contributed by atoms with Crippen molar-refractivity contribution in [1.82, 2.24) is 9.97 Å². The monoisotopic (exact) mass is 255 g/mol. The van der Waals surface area contributed by atoms with E-state index in [0.29, 0.717) is 5.95 Å². The van der Waals surface area contributed by atoms with Crippen molar-refractivity contribution in [3.8, 4) is 0 Å². The molecule has 1 N–H and O–H groups in total. The van der Waals surface area contributed by atoms with Crippen molar-refractivity contribution < 1.29 is 0 Å². The Morgan fingerprint density at radius 3 is 2.26 bits per heavy atom. The lowest BCUT2D eigenvalue weighted by Gasteiger charge is -2.35. The fraction of sp³-hybridized carbons (Fsp3) is 0.375. The lowest BCUT2D eigenvalue weighted by atomic mass is 9.76. The van der Waals surface area contributed by atoms with E-state index >= 15 is 0 Å². The number of nitrogens with one attached hydrogen (secondary N) is 1. The Bertz CT molecular complexity index is 494. The lowest BCUT2D eigenvalue weighted by Crippen LogP contribution is -2.39. The Balaban J connectivity index is 2.21. The number of hydrogen-bond donors (Lipinski definition) is 1. The molecule has 2 rings (SSSR count). The zero-order chi connectivity index (χ0) is 13.7. The van der Waals surface area contributed by atoms with E-state index in [2.05, 4.69) is 60.3 Å². The second-order valence-corrected chi connectivity index (χ2v) is 5.27. The first-order chi connectivity index (χ1) is 9.14. The summed E-state index contributed by atoms with van der Waals surface area (Å²) in [6.07, 6.45) is 4.54. The van der Waals surface area contributed by atoms with Gasteiger partial charge in [0.15, 0.2) is 0 Å². The zero-order valence-corrected chi connectivity index (χ0v) is 11.8. The molecule has 0 saturated carbocycles. The molecule has 100 valence electrons. The molecule has 0 spiro atoms. The van der Waals surface area contributed by atoms with Crippen LogP contribution in [0.25, 0.3) is 0 Å². The second-order valence-electron chi connectivity index (χ2n) is 5.27. The van der Waals surface area contributed by atoms with Gasteiger partial charge in [-0.1, -0.05) is 51.1 Å². The molecule has 0 bridgehead atoms. The molecule has 1 aromatic heterocycles. The van der Waals surface area contributed by atoms with Crippen LogP contribution in [0.4, 0.5) is 5.95 Å². The molecule has 0 amide bonds. The molecule has 3 nitrogen and oxygen atoms in total. The van der Waals surface area contributed by atoms with Crippen LogP contribution in [-0.2, 0) is 5.41 Å². The highest BCUT2D eigenvalue weighted by atomic mass is 15.1. The van der Waals surface area contributed by atoms with Gasteiger partial charge in [0, 0.05) is 23.9 Å². The van der Waals surface area contributed by atoms with Crippen LogP contribution in [0.3, 0.4) is 0 Å². The van der Waals surface area contributed by atoms with Gasteiger partial charge in [-0.15, -0.1) is 0 Å². The number of benzene rings is 1. The van der Waals surface area contributed by atoms with Gasteiger partial charge < -0.3 is 5.32 Å². The number of hydrogen-bond acceptors (Lipinski definition) is 3. The SMILES string of the molecule is CCC(Nc1ncccn1)C(C)(C)c1ccccc1. The maximum absolute atomic E-state index is 4.25. The minimum Gasteiger partial charge on any atom is -0.351 e. The molecule has 0 aliphatic carbocycles. The van der Waals surface area contributed by atoms with Gasteiger partial charge in [0.1, 0.15) is 0 Å². The molecule has 1 atom stereocenters. The average molecular weight is 255 g/mol. The van der Waals surface area contributed by atoms with Crippen LogP contribution in [0.2, 0.25) is 0 Å². The molecule has 1 unspecified atom stereocenters. The molecule has 0 aliphatic heterocycles. The predicted octanol–water partition coefficient (Wildman–Crippen LogP) is 3.64. The van der Waals surface area contributed by atoms with Gasteiger partial charge >= 0.3 is 0 Å². The first-order valence-electron chi connectivity index (χ1n) is 6.73. The predicted molar refractivity (Wildman–Crippen MR) is 79.2 cm³/mol. The smallest absolute Gasteiger partial charge is 0.222 e. The first kappa shape index (κ1) is 13.5. The van der Waals surface area contributed by atoms with E-state index in [1.165, 1.54) is 5.56 Å². The molecule has 0 fully saturated rings. The highest BCUT2D eigenvalue weighted by molar-refractivity contribution is 5.32. The highest BCUT2D eigenvalue weighted by Crippen LogP contribution is 2.30. The molecule has 0 saturated heterocycles. The van der Waals surface area contributed by atoms with Gasteiger partial charge in [-0.05, 0) is 18.1 Å². The van der Waals surface area contributed by atoms with Crippen molar-refractivity contribution in [3.63, 3.8) is 0 Å². The van der Waals surface area contributed by atoms with Crippen molar-refractivity contribution in [3.05, 3.63) is 54.4 Å². The number of nitrogens with zero attached hydrogens (tertiary/aromatic N) is 2. The molecule has 1 heterocycles. The summed E-state index contributed by atoms with van der Waals surface area (Å²) in [5.41, 5.74) is 1.35. The van der Waals surface area contributed by atoms with Gasteiger partial charge in [0.25, 0.3) is 0 Å². The van der Waals surface area contributed by atoms with Gasteiger partial charge in [0.05, 0.1) is 0 Å². The Morgan fingerprint density at radius 2 is 1.68 bits per heavy atom. The van der Waals surface area contributed by atoms with Gasteiger partial charge in [-0.25, -0.2) is 9.97 Å². The minimum atomic E-state index is 0.0230. The van der Waals surface area contributed by atoms with Gasteiger partial charge in [-0.3, -0.25) is 0 Å². The summed E-state index contributed by atoms with van der Waals surface area (Å²) in [5, 5.41) is 3.45. The Hall–Kier alpha value is -1.90. The fourth-order valence-electron chi connectivity index (χ4n) is 2.39. The standard InChI is InChI=1S/C16H21N3/c1-4-14(19-15-17-11-8-12-18-15)16(2,3)13-9-6-5-7-10-13/h5-12,14H,4H2,1-3H3,(H,17,18,19). The number of aromatic nitrogens is 2. The summed E-state index contributed by atoms with van der Waals surface area (Å²) < 4.78 is 0. The number of rotatable bonds is 5. The Labute approximate surface area is 115 Å². The third-order valence-corrected chi connectivity index (χ3v) is 3.67. The maximum Gasteiger partial charge on any atom is 0.222 e. The summed E-state index contributed by atoms with van der Waals surface area (Å²) in [7, 11) is 0. The normalized spacial score (nSPS) is 13.0. The summed E-state index contributed by atoms with van der Waals surface area (Å²) in [5.74, 6) is 0.693. The quantitative estimate of drug-likeness (QED) is 0.886. The Kier molecular flexibility index (Phi) is 4.15. The average Bonchev–Trinajstić information content (AvgIpc) is 2.46. The van der Waals surface area contributed by atoms with E-state index in [0.717, 1.165) is 6.42 Å². The van der Waals surface area contributed by atoms with E-state index in [-0.39, 0.29) is 11.5 Å². The summed E-state index contributed by atoms with van der Waals surface area (Å²) in [4.78, 5) is 8.50. The van der Waals surface area contributed by atoms with Crippen molar-refractivity contribution in [1.29, 1.82) is 0 Å². The van der Waals surface area contributed by atoms with Crippen LogP contribution in [0.15, 0.2) is 48.8 Å². The molecule has 2 aromatic rings. The molecule has 3 heteroatoms. The van der Waals surface area contributed by atoms with E-state index in [1.54, 1.807) is 12.4 Å². The number of anilines is 1. The first-order valence-corrected chi connectivity index (χ1v) is 6.73. The second kappa shape index (κ2) is 5.83. The van der Waals surface area contributed by atoms with Crippen LogP contribution < -0.4 is 5.32 Å². The van der Waals surface area contributed by atoms with Crippen LogP contribution >= 0.6 is 0 Å². The largest absolute Gasteiger partial charge is 0.351 e. The fourth-order valence-corrected chi connectivity index (χ4v) is 2.39.